The highest BCUT2D eigenvalue weighted by Crippen LogP contribution is 2.20. The minimum atomic E-state index is -3.43. The first-order chi connectivity index (χ1) is 9.34. The Labute approximate surface area is 122 Å². The number of amides is 1. The lowest BCUT2D eigenvalue weighted by Crippen LogP contribution is -2.53. The summed E-state index contributed by atoms with van der Waals surface area (Å²) < 4.78 is 31.3. The van der Waals surface area contributed by atoms with Gasteiger partial charge < -0.3 is 9.32 Å². The SMILES string of the molecule is CN(C)S(=O)(=O)N1CCN(C(=O)c2ccoc2Cl)CC1. The number of furan rings is 1. The molecule has 1 aliphatic heterocycles. The minimum absolute atomic E-state index is 0.0540. The number of carbonyl (C=O) groups excluding carboxylic acids is 1. The summed E-state index contributed by atoms with van der Waals surface area (Å²) in [5.41, 5.74) is 0.301. The zero-order chi connectivity index (χ0) is 14.9. The second kappa shape index (κ2) is 5.72. The average Bonchev–Trinajstić information content (AvgIpc) is 2.84. The Morgan fingerprint density at radius 2 is 1.90 bits per heavy atom. The second-order valence-corrected chi connectivity index (χ2v) is 7.08. The smallest absolute Gasteiger partial charge is 0.281 e. The monoisotopic (exact) mass is 321 g/mol. The van der Waals surface area contributed by atoms with Crippen molar-refractivity contribution in [1.29, 1.82) is 0 Å². The number of rotatable bonds is 3. The first kappa shape index (κ1) is 15.3. The van der Waals surface area contributed by atoms with E-state index in [1.165, 1.54) is 30.7 Å². The topological polar surface area (TPSA) is 74.1 Å². The molecule has 0 N–H and O–H groups in total. The van der Waals surface area contributed by atoms with Crippen LogP contribution in [-0.2, 0) is 10.2 Å². The fourth-order valence-corrected chi connectivity index (χ4v) is 3.25. The molecule has 2 rings (SSSR count). The van der Waals surface area contributed by atoms with Crippen LogP contribution in [0.4, 0.5) is 0 Å². The first-order valence-electron chi connectivity index (χ1n) is 6.04. The summed E-state index contributed by atoms with van der Waals surface area (Å²) in [7, 11) is -0.458. The van der Waals surface area contributed by atoms with Crippen molar-refractivity contribution in [2.45, 2.75) is 0 Å². The lowest BCUT2D eigenvalue weighted by Gasteiger charge is -2.35. The molecule has 0 atom stereocenters. The van der Waals surface area contributed by atoms with Crippen LogP contribution in [0.3, 0.4) is 0 Å². The van der Waals surface area contributed by atoms with Crippen LogP contribution in [0.2, 0.25) is 5.22 Å². The predicted molar refractivity (Wildman–Crippen MR) is 73.8 cm³/mol. The highest BCUT2D eigenvalue weighted by atomic mass is 35.5. The molecule has 0 aromatic carbocycles. The van der Waals surface area contributed by atoms with E-state index in [1.54, 1.807) is 4.90 Å². The fraction of sp³-hybridized carbons (Fsp3) is 0.545. The third-order valence-corrected chi connectivity index (χ3v) is 5.40. The second-order valence-electron chi connectivity index (χ2n) is 4.59. The van der Waals surface area contributed by atoms with Gasteiger partial charge in [0.05, 0.1) is 11.8 Å². The lowest BCUT2D eigenvalue weighted by atomic mass is 10.2. The van der Waals surface area contributed by atoms with Crippen LogP contribution >= 0.6 is 11.6 Å². The van der Waals surface area contributed by atoms with Crippen molar-refractivity contribution < 1.29 is 17.6 Å². The van der Waals surface area contributed by atoms with Crippen molar-refractivity contribution >= 4 is 27.7 Å². The molecule has 0 aliphatic carbocycles. The Kier molecular flexibility index (Phi) is 4.38. The number of hydrogen-bond donors (Lipinski definition) is 0. The van der Waals surface area contributed by atoms with Crippen LogP contribution in [0.25, 0.3) is 0 Å². The minimum Gasteiger partial charge on any atom is -0.452 e. The van der Waals surface area contributed by atoms with Crippen molar-refractivity contribution in [2.75, 3.05) is 40.3 Å². The van der Waals surface area contributed by atoms with Crippen molar-refractivity contribution in [3.8, 4) is 0 Å². The maximum Gasteiger partial charge on any atom is 0.281 e. The lowest BCUT2D eigenvalue weighted by molar-refractivity contribution is 0.0694. The highest BCUT2D eigenvalue weighted by molar-refractivity contribution is 7.86. The summed E-state index contributed by atoms with van der Waals surface area (Å²) >= 11 is 5.77. The summed E-state index contributed by atoms with van der Waals surface area (Å²) in [6, 6.07) is 1.51. The summed E-state index contributed by atoms with van der Waals surface area (Å²) in [5.74, 6) is -0.245. The van der Waals surface area contributed by atoms with E-state index in [0.717, 1.165) is 4.31 Å². The Morgan fingerprint density at radius 3 is 2.35 bits per heavy atom. The molecular weight excluding hydrogens is 306 g/mol. The van der Waals surface area contributed by atoms with Gasteiger partial charge in [-0.3, -0.25) is 4.79 Å². The zero-order valence-corrected chi connectivity index (χ0v) is 12.8. The molecule has 1 fully saturated rings. The van der Waals surface area contributed by atoms with Crippen LogP contribution in [-0.4, -0.2) is 68.1 Å². The van der Waals surface area contributed by atoms with E-state index < -0.39 is 10.2 Å². The largest absolute Gasteiger partial charge is 0.452 e. The average molecular weight is 322 g/mol. The molecule has 1 amide bonds. The molecule has 1 aliphatic rings. The van der Waals surface area contributed by atoms with Gasteiger partial charge in [0, 0.05) is 40.3 Å². The van der Waals surface area contributed by atoms with Gasteiger partial charge in [0.1, 0.15) is 0 Å². The maximum atomic E-state index is 12.2. The molecule has 1 aromatic rings. The number of carbonyl (C=O) groups is 1. The molecule has 0 spiro atoms. The molecule has 1 aromatic heterocycles. The quantitative estimate of drug-likeness (QED) is 0.812. The summed E-state index contributed by atoms with van der Waals surface area (Å²) in [6.45, 7) is 1.18. The van der Waals surface area contributed by atoms with Gasteiger partial charge in [0.15, 0.2) is 0 Å². The number of nitrogens with zero attached hydrogens (tertiary/aromatic N) is 3. The Hall–Kier alpha value is -1.09. The molecule has 9 heteroatoms. The summed E-state index contributed by atoms with van der Waals surface area (Å²) in [5, 5.41) is 0.0540. The van der Waals surface area contributed by atoms with E-state index in [2.05, 4.69) is 0 Å². The van der Waals surface area contributed by atoms with E-state index >= 15 is 0 Å². The van der Waals surface area contributed by atoms with Gasteiger partial charge in [0.2, 0.25) is 5.22 Å². The molecule has 0 radical (unpaired) electrons. The zero-order valence-electron chi connectivity index (χ0n) is 11.2. The Morgan fingerprint density at radius 1 is 1.30 bits per heavy atom. The van der Waals surface area contributed by atoms with Crippen molar-refractivity contribution in [3.63, 3.8) is 0 Å². The Bertz CT molecular complexity index is 591. The van der Waals surface area contributed by atoms with Gasteiger partial charge in [-0.25, -0.2) is 0 Å². The van der Waals surface area contributed by atoms with Crippen LogP contribution in [0.1, 0.15) is 10.4 Å². The van der Waals surface area contributed by atoms with Gasteiger partial charge in [-0.1, -0.05) is 0 Å². The molecule has 2 heterocycles. The van der Waals surface area contributed by atoms with E-state index in [0.29, 0.717) is 18.7 Å². The molecule has 20 heavy (non-hydrogen) atoms. The number of piperazine rings is 1. The van der Waals surface area contributed by atoms with Crippen molar-refractivity contribution in [2.24, 2.45) is 0 Å². The van der Waals surface area contributed by atoms with Crippen LogP contribution in [0, 0.1) is 0 Å². The van der Waals surface area contributed by atoms with Crippen molar-refractivity contribution in [1.82, 2.24) is 13.5 Å². The summed E-state index contributed by atoms with van der Waals surface area (Å²) in [6.07, 6.45) is 1.35. The molecule has 1 saturated heterocycles. The fourth-order valence-electron chi connectivity index (χ4n) is 1.97. The van der Waals surface area contributed by atoms with Crippen molar-refractivity contribution in [3.05, 3.63) is 23.1 Å². The molecule has 7 nitrogen and oxygen atoms in total. The Balaban J connectivity index is 2.02. The standard InChI is InChI=1S/C11H16ClN3O4S/c1-13(2)20(17,18)15-6-4-14(5-7-15)11(16)9-3-8-19-10(9)12/h3,8H,4-7H2,1-2H3. The van der Waals surface area contributed by atoms with E-state index in [1.807, 2.05) is 0 Å². The summed E-state index contributed by atoms with van der Waals surface area (Å²) in [4.78, 5) is 13.7. The van der Waals surface area contributed by atoms with E-state index in [4.69, 9.17) is 16.0 Å². The predicted octanol–water partition coefficient (Wildman–Crippen LogP) is 0.497. The molecular formula is C11H16ClN3O4S. The van der Waals surface area contributed by atoms with Gasteiger partial charge >= 0.3 is 0 Å². The van der Waals surface area contributed by atoms with Gasteiger partial charge in [-0.05, 0) is 17.7 Å². The maximum absolute atomic E-state index is 12.2. The van der Waals surface area contributed by atoms with Crippen LogP contribution in [0.15, 0.2) is 16.7 Å². The van der Waals surface area contributed by atoms with E-state index in [9.17, 15) is 13.2 Å². The van der Waals surface area contributed by atoms with Gasteiger partial charge in [0.25, 0.3) is 16.1 Å². The normalized spacial score (nSPS) is 17.7. The van der Waals surface area contributed by atoms with E-state index in [-0.39, 0.29) is 24.2 Å². The van der Waals surface area contributed by atoms with Crippen LogP contribution < -0.4 is 0 Å². The number of hydrogen-bond acceptors (Lipinski definition) is 4. The molecule has 112 valence electrons. The number of halogens is 1. The van der Waals surface area contributed by atoms with Gasteiger partial charge in [-0.15, -0.1) is 0 Å². The van der Waals surface area contributed by atoms with Crippen LogP contribution in [0.5, 0.6) is 0 Å². The molecule has 0 bridgehead atoms. The third-order valence-electron chi connectivity index (χ3n) is 3.16. The highest BCUT2D eigenvalue weighted by Gasteiger charge is 2.31. The first-order valence-corrected chi connectivity index (χ1v) is 7.81. The molecule has 0 unspecified atom stereocenters. The molecule has 0 saturated carbocycles. The van der Waals surface area contributed by atoms with Gasteiger partial charge in [-0.2, -0.15) is 17.0 Å². The third kappa shape index (κ3) is 2.83.